The van der Waals surface area contributed by atoms with Gasteiger partial charge in [0.15, 0.2) is 0 Å². The summed E-state index contributed by atoms with van der Waals surface area (Å²) in [4.78, 5) is 31.9. The van der Waals surface area contributed by atoms with Crippen LogP contribution in [0.4, 0.5) is 4.39 Å². The van der Waals surface area contributed by atoms with E-state index in [1.54, 1.807) is 12.1 Å². The van der Waals surface area contributed by atoms with Crippen molar-refractivity contribution in [1.29, 1.82) is 0 Å². The fourth-order valence-electron chi connectivity index (χ4n) is 4.98. The van der Waals surface area contributed by atoms with E-state index in [2.05, 4.69) is 4.90 Å². The van der Waals surface area contributed by atoms with Crippen molar-refractivity contribution in [3.63, 3.8) is 0 Å². The smallest absolute Gasteiger partial charge is 0.251 e. The summed E-state index contributed by atoms with van der Waals surface area (Å²) in [6.45, 7) is 4.29. The van der Waals surface area contributed by atoms with Crippen LogP contribution in [-0.2, 0) is 20.9 Å². The molecule has 0 N–H and O–H groups in total. The fraction of sp³-hybridized carbons (Fsp3) is 0.667. The highest BCUT2D eigenvalue weighted by atomic mass is 19.1. The number of halogens is 1. The largest absolute Gasteiger partial charge is 0.368 e. The zero-order valence-electron chi connectivity index (χ0n) is 18.3. The number of nitrogens with zero attached hydrogens (tertiary/aromatic N) is 3. The van der Waals surface area contributed by atoms with Crippen LogP contribution in [0.3, 0.4) is 0 Å². The van der Waals surface area contributed by atoms with Crippen LogP contribution in [0.15, 0.2) is 24.3 Å². The molecule has 170 valence electrons. The number of ether oxygens (including phenoxy) is 1. The van der Waals surface area contributed by atoms with E-state index >= 15 is 0 Å². The van der Waals surface area contributed by atoms with Crippen LogP contribution in [0.25, 0.3) is 0 Å². The predicted octanol–water partition coefficient (Wildman–Crippen LogP) is 2.81. The standard InChI is InChI=1S/C24H34FN3O3/c25-20-10-8-19(9-11-20)17-28(21-5-2-1-3-6-21)23(29)18-26-12-14-27(15-13-26)24(30)22-7-4-16-31-22/h8-11,21-22H,1-7,12-18H2. The maximum Gasteiger partial charge on any atom is 0.251 e. The van der Waals surface area contributed by atoms with Crippen LogP contribution < -0.4 is 0 Å². The van der Waals surface area contributed by atoms with Crippen molar-refractivity contribution < 1.29 is 18.7 Å². The number of benzene rings is 1. The Labute approximate surface area is 184 Å². The van der Waals surface area contributed by atoms with E-state index in [1.807, 2.05) is 9.80 Å². The van der Waals surface area contributed by atoms with Gasteiger partial charge >= 0.3 is 0 Å². The summed E-state index contributed by atoms with van der Waals surface area (Å²) in [5.41, 5.74) is 0.965. The summed E-state index contributed by atoms with van der Waals surface area (Å²) in [6.07, 6.45) is 7.12. The van der Waals surface area contributed by atoms with Crippen LogP contribution in [0, 0.1) is 5.82 Å². The molecule has 6 nitrogen and oxygen atoms in total. The molecule has 2 amide bonds. The van der Waals surface area contributed by atoms with Crippen molar-refractivity contribution >= 4 is 11.8 Å². The molecule has 2 aliphatic heterocycles. The Balaban J connectivity index is 1.33. The second-order valence-electron chi connectivity index (χ2n) is 9.04. The van der Waals surface area contributed by atoms with E-state index in [0.29, 0.717) is 45.9 Å². The molecular formula is C24H34FN3O3. The van der Waals surface area contributed by atoms with Gasteiger partial charge in [0.25, 0.3) is 5.91 Å². The van der Waals surface area contributed by atoms with Crippen molar-refractivity contribution in [3.8, 4) is 0 Å². The Hall–Kier alpha value is -1.99. The van der Waals surface area contributed by atoms with Gasteiger partial charge in [-0.05, 0) is 43.4 Å². The monoisotopic (exact) mass is 431 g/mol. The normalized spacial score (nSPS) is 23.1. The molecule has 4 rings (SSSR count). The summed E-state index contributed by atoms with van der Waals surface area (Å²) in [6, 6.07) is 6.72. The van der Waals surface area contributed by atoms with Crippen LogP contribution >= 0.6 is 0 Å². The minimum atomic E-state index is -0.273. The van der Waals surface area contributed by atoms with Crippen molar-refractivity contribution in [2.75, 3.05) is 39.3 Å². The second kappa shape index (κ2) is 10.6. The van der Waals surface area contributed by atoms with E-state index in [1.165, 1.54) is 18.6 Å². The Morgan fingerprint density at radius 1 is 0.968 bits per heavy atom. The maximum absolute atomic E-state index is 13.3. The highest BCUT2D eigenvalue weighted by molar-refractivity contribution is 5.81. The van der Waals surface area contributed by atoms with Crippen LogP contribution in [0.5, 0.6) is 0 Å². The van der Waals surface area contributed by atoms with Gasteiger partial charge in [0.05, 0.1) is 6.54 Å². The van der Waals surface area contributed by atoms with Crippen LogP contribution in [0.2, 0.25) is 0 Å². The number of rotatable bonds is 6. The lowest BCUT2D eigenvalue weighted by Crippen LogP contribution is -2.54. The van der Waals surface area contributed by atoms with Crippen molar-refractivity contribution in [1.82, 2.24) is 14.7 Å². The zero-order chi connectivity index (χ0) is 21.6. The molecule has 1 saturated carbocycles. The first kappa shape index (κ1) is 22.2. The van der Waals surface area contributed by atoms with E-state index < -0.39 is 0 Å². The first-order valence-corrected chi connectivity index (χ1v) is 11.8. The summed E-state index contributed by atoms with van der Waals surface area (Å²) >= 11 is 0. The quantitative estimate of drug-likeness (QED) is 0.695. The lowest BCUT2D eigenvalue weighted by atomic mass is 9.93. The minimum Gasteiger partial charge on any atom is -0.368 e. The topological polar surface area (TPSA) is 53.1 Å². The highest BCUT2D eigenvalue weighted by Gasteiger charge is 2.32. The van der Waals surface area contributed by atoms with Gasteiger partial charge in [-0.25, -0.2) is 4.39 Å². The van der Waals surface area contributed by atoms with Gasteiger partial charge in [-0.3, -0.25) is 14.5 Å². The molecule has 2 saturated heterocycles. The Kier molecular flexibility index (Phi) is 7.56. The van der Waals surface area contributed by atoms with Gasteiger partial charge in [-0.15, -0.1) is 0 Å². The predicted molar refractivity (Wildman–Crippen MR) is 116 cm³/mol. The molecule has 1 unspecified atom stereocenters. The molecule has 0 aromatic heterocycles. The molecule has 1 aliphatic carbocycles. The third-order valence-corrected chi connectivity index (χ3v) is 6.85. The molecule has 0 spiro atoms. The van der Waals surface area contributed by atoms with Crippen molar-refractivity contribution in [2.45, 2.75) is 63.6 Å². The molecule has 1 aromatic carbocycles. The summed E-state index contributed by atoms with van der Waals surface area (Å²) in [5.74, 6) is -0.0199. The first-order chi connectivity index (χ1) is 15.1. The van der Waals surface area contributed by atoms with E-state index in [4.69, 9.17) is 4.74 Å². The molecule has 0 radical (unpaired) electrons. The van der Waals surface area contributed by atoms with Gasteiger partial charge in [-0.1, -0.05) is 31.4 Å². The molecule has 3 aliphatic rings. The van der Waals surface area contributed by atoms with Gasteiger partial charge in [0.2, 0.25) is 5.91 Å². The van der Waals surface area contributed by atoms with Gasteiger partial charge in [-0.2, -0.15) is 0 Å². The zero-order valence-corrected chi connectivity index (χ0v) is 18.3. The van der Waals surface area contributed by atoms with Crippen LogP contribution in [0.1, 0.15) is 50.5 Å². The second-order valence-corrected chi connectivity index (χ2v) is 9.04. The molecular weight excluding hydrogens is 397 g/mol. The average Bonchev–Trinajstić information content (AvgIpc) is 3.34. The Morgan fingerprint density at radius 2 is 1.68 bits per heavy atom. The highest BCUT2D eigenvalue weighted by Crippen LogP contribution is 2.25. The Bertz CT molecular complexity index is 737. The summed E-state index contributed by atoms with van der Waals surface area (Å²) in [5, 5.41) is 0. The summed E-state index contributed by atoms with van der Waals surface area (Å²) < 4.78 is 18.8. The maximum atomic E-state index is 13.3. The lowest BCUT2D eigenvalue weighted by molar-refractivity contribution is -0.143. The fourth-order valence-corrected chi connectivity index (χ4v) is 4.98. The Morgan fingerprint density at radius 3 is 2.32 bits per heavy atom. The van der Waals surface area contributed by atoms with Gasteiger partial charge in [0.1, 0.15) is 11.9 Å². The molecule has 3 fully saturated rings. The first-order valence-electron chi connectivity index (χ1n) is 11.8. The summed E-state index contributed by atoms with van der Waals surface area (Å²) in [7, 11) is 0. The average molecular weight is 432 g/mol. The third-order valence-electron chi connectivity index (χ3n) is 6.85. The molecule has 1 aromatic rings. The number of hydrogen-bond donors (Lipinski definition) is 0. The number of carbonyl (C=O) groups is 2. The number of amides is 2. The van der Waals surface area contributed by atoms with E-state index in [0.717, 1.165) is 44.1 Å². The lowest BCUT2D eigenvalue weighted by Gasteiger charge is -2.38. The van der Waals surface area contributed by atoms with Gasteiger partial charge in [0, 0.05) is 45.4 Å². The third kappa shape index (κ3) is 5.83. The number of hydrogen-bond acceptors (Lipinski definition) is 4. The van der Waals surface area contributed by atoms with E-state index in [-0.39, 0.29) is 29.8 Å². The van der Waals surface area contributed by atoms with Crippen LogP contribution in [-0.4, -0.2) is 78.0 Å². The molecule has 2 heterocycles. The SMILES string of the molecule is O=C(C1CCCO1)N1CCN(CC(=O)N(Cc2ccc(F)cc2)C2CCCCC2)CC1. The molecule has 0 bridgehead atoms. The minimum absolute atomic E-state index is 0.101. The number of piperazine rings is 1. The molecule has 7 heteroatoms. The van der Waals surface area contributed by atoms with Crippen molar-refractivity contribution in [3.05, 3.63) is 35.6 Å². The van der Waals surface area contributed by atoms with Gasteiger partial charge < -0.3 is 14.5 Å². The molecule has 1 atom stereocenters. The molecule has 31 heavy (non-hydrogen) atoms. The number of carbonyl (C=O) groups excluding carboxylic acids is 2. The van der Waals surface area contributed by atoms with E-state index in [9.17, 15) is 14.0 Å². The van der Waals surface area contributed by atoms with Crippen molar-refractivity contribution in [2.24, 2.45) is 0 Å².